The second-order valence-corrected chi connectivity index (χ2v) is 6.13. The van der Waals surface area contributed by atoms with Crippen molar-refractivity contribution in [2.45, 2.75) is 20.0 Å². The normalized spacial score (nSPS) is 11.4. The zero-order valence-corrected chi connectivity index (χ0v) is 13.1. The number of guanidine groups is 1. The van der Waals surface area contributed by atoms with E-state index in [4.69, 9.17) is 0 Å². The monoisotopic (exact) mass is 287 g/mol. The minimum atomic E-state index is 0.824. The molecule has 2 aromatic rings. The SMILES string of the molecule is CN=C(NCc1ccc(C)s1)N(C)Cc1ccccc1. The van der Waals surface area contributed by atoms with Crippen molar-refractivity contribution in [3.63, 3.8) is 0 Å². The van der Waals surface area contributed by atoms with Crippen LogP contribution >= 0.6 is 11.3 Å². The summed E-state index contributed by atoms with van der Waals surface area (Å²) in [4.78, 5) is 9.15. The van der Waals surface area contributed by atoms with E-state index in [9.17, 15) is 0 Å². The zero-order chi connectivity index (χ0) is 14.4. The van der Waals surface area contributed by atoms with Crippen LogP contribution in [0.3, 0.4) is 0 Å². The van der Waals surface area contributed by atoms with Gasteiger partial charge in [-0.3, -0.25) is 4.99 Å². The highest BCUT2D eigenvalue weighted by atomic mass is 32.1. The van der Waals surface area contributed by atoms with Crippen LogP contribution < -0.4 is 5.32 Å². The molecule has 0 radical (unpaired) electrons. The average molecular weight is 287 g/mol. The Kier molecular flexibility index (Phi) is 5.18. The summed E-state index contributed by atoms with van der Waals surface area (Å²) in [5.74, 6) is 0.917. The van der Waals surface area contributed by atoms with Gasteiger partial charge < -0.3 is 10.2 Å². The molecule has 1 heterocycles. The fourth-order valence-corrected chi connectivity index (χ4v) is 2.89. The van der Waals surface area contributed by atoms with Crippen molar-refractivity contribution >= 4 is 17.3 Å². The number of nitrogens with one attached hydrogen (secondary N) is 1. The molecule has 20 heavy (non-hydrogen) atoms. The van der Waals surface area contributed by atoms with E-state index in [1.54, 1.807) is 0 Å². The fraction of sp³-hybridized carbons (Fsp3) is 0.312. The van der Waals surface area contributed by atoms with Gasteiger partial charge in [-0.2, -0.15) is 0 Å². The summed E-state index contributed by atoms with van der Waals surface area (Å²) < 4.78 is 0. The van der Waals surface area contributed by atoms with Crippen molar-refractivity contribution in [3.8, 4) is 0 Å². The molecular formula is C16H21N3S. The van der Waals surface area contributed by atoms with Crippen molar-refractivity contribution in [2.75, 3.05) is 14.1 Å². The van der Waals surface area contributed by atoms with Gasteiger partial charge in [0.1, 0.15) is 0 Å². The lowest BCUT2D eigenvalue weighted by Crippen LogP contribution is -2.37. The number of thiophene rings is 1. The van der Waals surface area contributed by atoms with Crippen LogP contribution in [0.1, 0.15) is 15.3 Å². The van der Waals surface area contributed by atoms with Crippen LogP contribution in [-0.4, -0.2) is 25.0 Å². The number of benzene rings is 1. The molecule has 0 amide bonds. The van der Waals surface area contributed by atoms with Crippen LogP contribution in [0, 0.1) is 6.92 Å². The Hall–Kier alpha value is -1.81. The third kappa shape index (κ3) is 4.10. The van der Waals surface area contributed by atoms with Gasteiger partial charge in [-0.25, -0.2) is 0 Å². The molecule has 0 aliphatic carbocycles. The van der Waals surface area contributed by atoms with Crippen molar-refractivity contribution in [1.82, 2.24) is 10.2 Å². The summed E-state index contributed by atoms with van der Waals surface area (Å²) in [7, 11) is 3.88. The summed E-state index contributed by atoms with van der Waals surface area (Å²) in [5, 5.41) is 3.41. The van der Waals surface area contributed by atoms with Crippen molar-refractivity contribution < 1.29 is 0 Å². The number of rotatable bonds is 4. The smallest absolute Gasteiger partial charge is 0.193 e. The molecule has 0 bridgehead atoms. The Balaban J connectivity index is 1.91. The summed E-state index contributed by atoms with van der Waals surface area (Å²) in [6.45, 7) is 3.80. The van der Waals surface area contributed by atoms with E-state index in [-0.39, 0.29) is 0 Å². The first-order valence-electron chi connectivity index (χ1n) is 6.70. The maximum atomic E-state index is 4.34. The first-order chi connectivity index (χ1) is 9.69. The molecule has 2 rings (SSSR count). The number of nitrogens with zero attached hydrogens (tertiary/aromatic N) is 2. The lowest BCUT2D eigenvalue weighted by molar-refractivity contribution is 0.477. The predicted octanol–water partition coefficient (Wildman–Crippen LogP) is 3.26. The van der Waals surface area contributed by atoms with Gasteiger partial charge in [-0.05, 0) is 24.6 Å². The minimum Gasteiger partial charge on any atom is -0.351 e. The van der Waals surface area contributed by atoms with E-state index in [0.29, 0.717) is 0 Å². The van der Waals surface area contributed by atoms with Gasteiger partial charge in [0.05, 0.1) is 6.54 Å². The van der Waals surface area contributed by atoms with Crippen LogP contribution in [0.15, 0.2) is 47.5 Å². The topological polar surface area (TPSA) is 27.6 Å². The van der Waals surface area contributed by atoms with Crippen LogP contribution in [0.25, 0.3) is 0 Å². The van der Waals surface area contributed by atoms with Gasteiger partial charge in [0.15, 0.2) is 5.96 Å². The van der Waals surface area contributed by atoms with Crippen LogP contribution in [0.2, 0.25) is 0 Å². The molecule has 0 saturated carbocycles. The molecule has 1 aromatic heterocycles. The van der Waals surface area contributed by atoms with E-state index < -0.39 is 0 Å². The summed E-state index contributed by atoms with van der Waals surface area (Å²) in [6.07, 6.45) is 0. The molecule has 1 N–H and O–H groups in total. The van der Waals surface area contributed by atoms with E-state index in [0.717, 1.165) is 19.0 Å². The second-order valence-electron chi connectivity index (χ2n) is 4.75. The number of aryl methyl sites for hydroxylation is 1. The zero-order valence-electron chi connectivity index (χ0n) is 12.3. The van der Waals surface area contributed by atoms with E-state index >= 15 is 0 Å². The highest BCUT2D eigenvalue weighted by molar-refractivity contribution is 7.11. The maximum Gasteiger partial charge on any atom is 0.193 e. The van der Waals surface area contributed by atoms with Crippen LogP contribution in [0.4, 0.5) is 0 Å². The first kappa shape index (κ1) is 14.6. The Morgan fingerprint density at radius 2 is 1.95 bits per heavy atom. The third-order valence-corrected chi connectivity index (χ3v) is 4.05. The van der Waals surface area contributed by atoms with Crippen LogP contribution in [0.5, 0.6) is 0 Å². The van der Waals surface area contributed by atoms with Gasteiger partial charge in [-0.15, -0.1) is 11.3 Å². The van der Waals surface area contributed by atoms with E-state index in [2.05, 4.69) is 65.6 Å². The molecule has 1 aromatic carbocycles. The van der Waals surface area contributed by atoms with Crippen LogP contribution in [-0.2, 0) is 13.1 Å². The Morgan fingerprint density at radius 3 is 2.55 bits per heavy atom. The average Bonchev–Trinajstić information content (AvgIpc) is 2.86. The largest absolute Gasteiger partial charge is 0.351 e. The molecular weight excluding hydrogens is 266 g/mol. The third-order valence-electron chi connectivity index (χ3n) is 3.05. The van der Waals surface area contributed by atoms with E-state index in [1.165, 1.54) is 15.3 Å². The molecule has 106 valence electrons. The van der Waals surface area contributed by atoms with Crippen molar-refractivity contribution in [2.24, 2.45) is 4.99 Å². The number of hydrogen-bond acceptors (Lipinski definition) is 2. The number of hydrogen-bond donors (Lipinski definition) is 1. The maximum absolute atomic E-state index is 4.34. The lowest BCUT2D eigenvalue weighted by Gasteiger charge is -2.22. The molecule has 0 unspecified atom stereocenters. The second kappa shape index (κ2) is 7.10. The molecule has 0 atom stereocenters. The van der Waals surface area contributed by atoms with Gasteiger partial charge in [0.25, 0.3) is 0 Å². The van der Waals surface area contributed by atoms with Crippen molar-refractivity contribution in [1.29, 1.82) is 0 Å². The Labute approximate surface area is 125 Å². The minimum absolute atomic E-state index is 0.824. The van der Waals surface area contributed by atoms with Gasteiger partial charge in [0.2, 0.25) is 0 Å². The molecule has 0 aliphatic heterocycles. The summed E-state index contributed by atoms with van der Waals surface area (Å²) in [6, 6.07) is 14.7. The Bertz CT molecular complexity index is 560. The quantitative estimate of drug-likeness (QED) is 0.690. The molecule has 3 nitrogen and oxygen atoms in total. The first-order valence-corrected chi connectivity index (χ1v) is 7.51. The molecule has 0 saturated heterocycles. The molecule has 4 heteroatoms. The predicted molar refractivity (Wildman–Crippen MR) is 87.2 cm³/mol. The Morgan fingerprint density at radius 1 is 1.20 bits per heavy atom. The summed E-state index contributed by atoms with van der Waals surface area (Å²) >= 11 is 1.82. The van der Waals surface area contributed by atoms with Gasteiger partial charge in [0, 0.05) is 30.4 Å². The standard InChI is InChI=1S/C16H21N3S/c1-13-9-10-15(20-13)11-18-16(17-2)19(3)12-14-7-5-4-6-8-14/h4-10H,11-12H2,1-3H3,(H,17,18). The number of aliphatic imine (C=N–C) groups is 1. The van der Waals surface area contributed by atoms with Crippen molar-refractivity contribution in [3.05, 3.63) is 57.8 Å². The van der Waals surface area contributed by atoms with Gasteiger partial charge >= 0.3 is 0 Å². The molecule has 0 spiro atoms. The molecule has 0 aliphatic rings. The van der Waals surface area contributed by atoms with E-state index in [1.807, 2.05) is 24.5 Å². The molecule has 0 fully saturated rings. The fourth-order valence-electron chi connectivity index (χ4n) is 2.06. The lowest BCUT2D eigenvalue weighted by atomic mass is 10.2. The summed E-state index contributed by atoms with van der Waals surface area (Å²) in [5.41, 5.74) is 1.28. The highest BCUT2D eigenvalue weighted by Crippen LogP contribution is 2.14. The van der Waals surface area contributed by atoms with Gasteiger partial charge in [-0.1, -0.05) is 30.3 Å². The highest BCUT2D eigenvalue weighted by Gasteiger charge is 2.06.